The zero-order chi connectivity index (χ0) is 14.1. The number of aryl methyl sites for hydroxylation is 1. The van der Waals surface area contributed by atoms with Crippen molar-refractivity contribution in [1.82, 2.24) is 4.98 Å². The fourth-order valence-electron chi connectivity index (χ4n) is 3.29. The van der Waals surface area contributed by atoms with Crippen molar-refractivity contribution in [3.05, 3.63) is 72.1 Å². The number of benzene rings is 2. The van der Waals surface area contributed by atoms with Crippen LogP contribution in [-0.4, -0.2) is 4.98 Å². The van der Waals surface area contributed by atoms with Gasteiger partial charge in [-0.25, -0.2) is 0 Å². The SMILES string of the molecule is c1cnc2c(c1)CCCC2Nc1cccc2ccccc12. The van der Waals surface area contributed by atoms with Crippen LogP contribution in [0.5, 0.6) is 0 Å². The Labute approximate surface area is 124 Å². The molecular weight excluding hydrogens is 256 g/mol. The zero-order valence-electron chi connectivity index (χ0n) is 11.9. The van der Waals surface area contributed by atoms with Gasteiger partial charge in [0.15, 0.2) is 0 Å². The highest BCUT2D eigenvalue weighted by molar-refractivity contribution is 5.93. The van der Waals surface area contributed by atoms with Crippen LogP contribution in [-0.2, 0) is 6.42 Å². The van der Waals surface area contributed by atoms with Crippen LogP contribution < -0.4 is 5.32 Å². The first kappa shape index (κ1) is 12.4. The lowest BCUT2D eigenvalue weighted by Gasteiger charge is -2.26. The fourth-order valence-corrected chi connectivity index (χ4v) is 3.29. The summed E-state index contributed by atoms with van der Waals surface area (Å²) < 4.78 is 0. The molecule has 1 N–H and O–H groups in total. The molecule has 0 spiro atoms. The standard InChI is InChI=1S/C19H18N2/c1-2-10-16-14(6-1)7-3-11-17(16)21-18-12-4-8-15-9-5-13-20-19(15)18/h1-3,5-7,9-11,13,18,21H,4,8,12H2. The molecule has 0 aliphatic heterocycles. The van der Waals surface area contributed by atoms with Gasteiger partial charge >= 0.3 is 0 Å². The van der Waals surface area contributed by atoms with E-state index in [0.717, 1.165) is 12.8 Å². The summed E-state index contributed by atoms with van der Waals surface area (Å²) >= 11 is 0. The van der Waals surface area contributed by atoms with Crippen LogP contribution in [0.25, 0.3) is 10.8 Å². The molecule has 2 aromatic carbocycles. The summed E-state index contributed by atoms with van der Waals surface area (Å²) in [5.41, 5.74) is 3.81. The molecule has 1 unspecified atom stereocenters. The molecule has 0 bridgehead atoms. The summed E-state index contributed by atoms with van der Waals surface area (Å²) in [6.07, 6.45) is 5.42. The number of anilines is 1. The van der Waals surface area contributed by atoms with Crippen LogP contribution in [0, 0.1) is 0 Å². The van der Waals surface area contributed by atoms with Crippen LogP contribution in [0.15, 0.2) is 60.8 Å². The number of aromatic nitrogens is 1. The predicted molar refractivity (Wildman–Crippen MR) is 87.5 cm³/mol. The molecule has 4 rings (SSSR count). The molecule has 0 radical (unpaired) electrons. The Morgan fingerprint density at radius 3 is 2.86 bits per heavy atom. The summed E-state index contributed by atoms with van der Waals surface area (Å²) in [6, 6.07) is 19.5. The lowest BCUT2D eigenvalue weighted by atomic mass is 9.91. The Balaban J connectivity index is 1.73. The second kappa shape index (κ2) is 5.21. The number of nitrogens with zero attached hydrogens (tertiary/aromatic N) is 1. The molecule has 104 valence electrons. The summed E-state index contributed by atoms with van der Waals surface area (Å²) in [5, 5.41) is 6.28. The average Bonchev–Trinajstić information content (AvgIpc) is 2.56. The first-order valence-electron chi connectivity index (χ1n) is 7.60. The van der Waals surface area contributed by atoms with Gasteiger partial charge in [0.1, 0.15) is 0 Å². The molecule has 1 aromatic heterocycles. The van der Waals surface area contributed by atoms with E-state index in [1.807, 2.05) is 12.3 Å². The van der Waals surface area contributed by atoms with E-state index >= 15 is 0 Å². The highest BCUT2D eigenvalue weighted by Crippen LogP contribution is 2.33. The first-order chi connectivity index (χ1) is 10.4. The number of fused-ring (bicyclic) bond motifs is 2. The highest BCUT2D eigenvalue weighted by Gasteiger charge is 2.21. The van der Waals surface area contributed by atoms with Gasteiger partial charge in [-0.15, -0.1) is 0 Å². The summed E-state index contributed by atoms with van der Waals surface area (Å²) in [7, 11) is 0. The van der Waals surface area contributed by atoms with Gasteiger partial charge in [0.2, 0.25) is 0 Å². The van der Waals surface area contributed by atoms with Crippen molar-refractivity contribution in [3.63, 3.8) is 0 Å². The van der Waals surface area contributed by atoms with E-state index in [4.69, 9.17) is 0 Å². The Bertz CT molecular complexity index is 774. The van der Waals surface area contributed by atoms with Gasteiger partial charge in [-0.1, -0.05) is 42.5 Å². The van der Waals surface area contributed by atoms with Crippen LogP contribution in [0.1, 0.15) is 30.1 Å². The van der Waals surface area contributed by atoms with E-state index in [2.05, 4.69) is 58.8 Å². The first-order valence-corrected chi connectivity index (χ1v) is 7.60. The molecule has 2 nitrogen and oxygen atoms in total. The minimum absolute atomic E-state index is 0.320. The van der Waals surface area contributed by atoms with Crippen LogP contribution in [0.2, 0.25) is 0 Å². The second-order valence-corrected chi connectivity index (χ2v) is 5.66. The quantitative estimate of drug-likeness (QED) is 0.731. The molecule has 0 saturated heterocycles. The maximum atomic E-state index is 4.61. The molecule has 1 aliphatic rings. The van der Waals surface area contributed by atoms with E-state index in [9.17, 15) is 0 Å². The largest absolute Gasteiger partial charge is 0.376 e. The summed E-state index contributed by atoms with van der Waals surface area (Å²) in [5.74, 6) is 0. The lowest BCUT2D eigenvalue weighted by molar-refractivity contribution is 0.584. The molecule has 1 heterocycles. The van der Waals surface area contributed by atoms with Gasteiger partial charge in [0, 0.05) is 17.3 Å². The summed E-state index contributed by atoms with van der Waals surface area (Å²) in [6.45, 7) is 0. The molecule has 21 heavy (non-hydrogen) atoms. The smallest absolute Gasteiger partial charge is 0.0688 e. The molecular formula is C19H18N2. The monoisotopic (exact) mass is 274 g/mol. The van der Waals surface area contributed by atoms with E-state index in [1.165, 1.54) is 34.1 Å². The maximum Gasteiger partial charge on any atom is 0.0688 e. The van der Waals surface area contributed by atoms with Gasteiger partial charge in [-0.2, -0.15) is 0 Å². The zero-order valence-corrected chi connectivity index (χ0v) is 11.9. The Kier molecular flexibility index (Phi) is 3.07. The molecule has 3 aromatic rings. The molecule has 0 fully saturated rings. The van der Waals surface area contributed by atoms with E-state index in [1.54, 1.807) is 0 Å². The van der Waals surface area contributed by atoms with Crippen molar-refractivity contribution in [3.8, 4) is 0 Å². The lowest BCUT2D eigenvalue weighted by Crippen LogP contribution is -2.18. The average molecular weight is 274 g/mol. The van der Waals surface area contributed by atoms with Gasteiger partial charge in [0.05, 0.1) is 11.7 Å². The number of pyridine rings is 1. The van der Waals surface area contributed by atoms with Crippen molar-refractivity contribution in [2.45, 2.75) is 25.3 Å². The number of rotatable bonds is 2. The van der Waals surface area contributed by atoms with Gasteiger partial charge in [-0.3, -0.25) is 4.98 Å². The number of nitrogens with one attached hydrogen (secondary N) is 1. The van der Waals surface area contributed by atoms with Crippen molar-refractivity contribution in [1.29, 1.82) is 0 Å². The van der Waals surface area contributed by atoms with E-state index in [0.29, 0.717) is 6.04 Å². The predicted octanol–water partition coefficient (Wildman–Crippen LogP) is 4.72. The minimum atomic E-state index is 0.320. The van der Waals surface area contributed by atoms with Crippen LogP contribution in [0.4, 0.5) is 5.69 Å². The van der Waals surface area contributed by atoms with E-state index < -0.39 is 0 Å². The third-order valence-corrected chi connectivity index (χ3v) is 4.31. The molecule has 0 amide bonds. The maximum absolute atomic E-state index is 4.61. The van der Waals surface area contributed by atoms with Gasteiger partial charge < -0.3 is 5.32 Å². The summed E-state index contributed by atoms with van der Waals surface area (Å²) in [4.78, 5) is 4.61. The highest BCUT2D eigenvalue weighted by atomic mass is 15.0. The van der Waals surface area contributed by atoms with Crippen molar-refractivity contribution >= 4 is 16.5 Å². The Morgan fingerprint density at radius 1 is 0.952 bits per heavy atom. The topological polar surface area (TPSA) is 24.9 Å². The normalized spacial score (nSPS) is 17.4. The minimum Gasteiger partial charge on any atom is -0.376 e. The fraction of sp³-hybridized carbons (Fsp3) is 0.211. The van der Waals surface area contributed by atoms with Crippen LogP contribution >= 0.6 is 0 Å². The Hall–Kier alpha value is -2.35. The number of hydrogen-bond acceptors (Lipinski definition) is 2. The molecule has 2 heteroatoms. The van der Waals surface area contributed by atoms with Crippen molar-refractivity contribution in [2.24, 2.45) is 0 Å². The number of hydrogen-bond donors (Lipinski definition) is 1. The second-order valence-electron chi connectivity index (χ2n) is 5.66. The van der Waals surface area contributed by atoms with Crippen LogP contribution in [0.3, 0.4) is 0 Å². The molecule has 1 atom stereocenters. The third-order valence-electron chi connectivity index (χ3n) is 4.31. The van der Waals surface area contributed by atoms with Gasteiger partial charge in [-0.05, 0) is 42.3 Å². The molecule has 1 aliphatic carbocycles. The van der Waals surface area contributed by atoms with Crippen molar-refractivity contribution < 1.29 is 0 Å². The van der Waals surface area contributed by atoms with Crippen molar-refractivity contribution in [2.75, 3.05) is 5.32 Å². The third kappa shape index (κ3) is 2.27. The molecule has 0 saturated carbocycles. The van der Waals surface area contributed by atoms with Gasteiger partial charge in [0.25, 0.3) is 0 Å². The van der Waals surface area contributed by atoms with E-state index in [-0.39, 0.29) is 0 Å². The Morgan fingerprint density at radius 2 is 1.86 bits per heavy atom.